The lowest BCUT2D eigenvalue weighted by molar-refractivity contribution is 0.340. The summed E-state index contributed by atoms with van der Waals surface area (Å²) in [5.41, 5.74) is 2.04. The Morgan fingerprint density at radius 2 is 2.00 bits per heavy atom. The summed E-state index contributed by atoms with van der Waals surface area (Å²) in [5, 5.41) is 11.1. The number of benzene rings is 1. The van der Waals surface area contributed by atoms with Crippen LogP contribution in [0.2, 0.25) is 0 Å². The topological polar surface area (TPSA) is 51.1 Å². The molecule has 0 unspecified atom stereocenters. The molecule has 0 atom stereocenters. The third-order valence-electron chi connectivity index (χ3n) is 2.96. The van der Waals surface area contributed by atoms with Gasteiger partial charge in [0.25, 0.3) is 0 Å². The highest BCUT2D eigenvalue weighted by atomic mass is 32.1. The Morgan fingerprint density at radius 3 is 2.67 bits per heavy atom. The lowest BCUT2D eigenvalue weighted by Gasteiger charge is -2.12. The molecule has 0 amide bonds. The number of nitrogens with one attached hydrogen (secondary N) is 2. The number of aryl methyl sites for hydroxylation is 1. The van der Waals surface area contributed by atoms with Crippen LogP contribution in [0.25, 0.3) is 0 Å². The summed E-state index contributed by atoms with van der Waals surface area (Å²) in [6, 6.07) is 9.70. The molecule has 112 valence electrons. The Bertz CT molecular complexity index is 580. The van der Waals surface area contributed by atoms with Gasteiger partial charge in [-0.3, -0.25) is 4.68 Å². The molecule has 0 radical (unpaired) electrons. The summed E-state index contributed by atoms with van der Waals surface area (Å²) in [6.45, 7) is 6.19. The van der Waals surface area contributed by atoms with Crippen molar-refractivity contribution in [2.24, 2.45) is 0 Å². The maximum absolute atomic E-state index is 5.40. The number of thiocarbonyl (C=S) groups is 1. The second-order valence-corrected chi connectivity index (χ2v) is 4.81. The molecule has 2 aromatic rings. The van der Waals surface area contributed by atoms with Crippen molar-refractivity contribution in [2.45, 2.75) is 26.9 Å². The van der Waals surface area contributed by atoms with E-state index in [1.165, 1.54) is 0 Å². The molecule has 2 rings (SSSR count). The Hall–Kier alpha value is -2.08. The number of hydrogen-bond donors (Lipinski definition) is 2. The average molecular weight is 304 g/mol. The average Bonchev–Trinajstić information content (AvgIpc) is 2.95. The van der Waals surface area contributed by atoms with E-state index < -0.39 is 0 Å². The first-order valence-corrected chi connectivity index (χ1v) is 7.42. The van der Waals surface area contributed by atoms with E-state index in [2.05, 4.69) is 22.7 Å². The fourth-order valence-electron chi connectivity index (χ4n) is 1.94. The first kappa shape index (κ1) is 15.3. The zero-order valence-electron chi connectivity index (χ0n) is 12.3. The van der Waals surface area contributed by atoms with Crippen LogP contribution in [0.5, 0.6) is 5.75 Å². The first-order chi connectivity index (χ1) is 10.2. The van der Waals surface area contributed by atoms with E-state index in [4.69, 9.17) is 17.0 Å². The van der Waals surface area contributed by atoms with Crippen molar-refractivity contribution in [3.8, 4) is 5.75 Å². The predicted octanol–water partition coefficient (Wildman–Crippen LogP) is 2.79. The summed E-state index contributed by atoms with van der Waals surface area (Å²) >= 11 is 5.29. The summed E-state index contributed by atoms with van der Waals surface area (Å²) in [6.07, 6.45) is 1.80. The Labute approximate surface area is 130 Å². The number of anilines is 1. The second-order valence-electron chi connectivity index (χ2n) is 4.40. The molecule has 1 aromatic heterocycles. The van der Waals surface area contributed by atoms with Crippen molar-refractivity contribution in [2.75, 3.05) is 11.9 Å². The number of nitrogens with zero attached hydrogens (tertiary/aromatic N) is 2. The number of rotatable bonds is 6. The van der Waals surface area contributed by atoms with Crippen LogP contribution in [-0.2, 0) is 13.1 Å². The molecule has 21 heavy (non-hydrogen) atoms. The van der Waals surface area contributed by atoms with Gasteiger partial charge in [-0.1, -0.05) is 0 Å². The molecule has 0 spiro atoms. The van der Waals surface area contributed by atoms with Gasteiger partial charge in [-0.25, -0.2) is 0 Å². The highest BCUT2D eigenvalue weighted by Crippen LogP contribution is 2.15. The van der Waals surface area contributed by atoms with Crippen LogP contribution < -0.4 is 15.4 Å². The minimum Gasteiger partial charge on any atom is -0.494 e. The van der Waals surface area contributed by atoms with Crippen molar-refractivity contribution in [1.82, 2.24) is 15.1 Å². The molecule has 1 heterocycles. The predicted molar refractivity (Wildman–Crippen MR) is 88.6 cm³/mol. The molecule has 2 N–H and O–H groups in total. The molecular weight excluding hydrogens is 284 g/mol. The first-order valence-electron chi connectivity index (χ1n) is 7.01. The van der Waals surface area contributed by atoms with Gasteiger partial charge in [-0.15, -0.1) is 0 Å². The van der Waals surface area contributed by atoms with Gasteiger partial charge in [0, 0.05) is 18.4 Å². The van der Waals surface area contributed by atoms with Gasteiger partial charge in [-0.2, -0.15) is 5.10 Å². The van der Waals surface area contributed by atoms with Crippen molar-refractivity contribution >= 4 is 23.0 Å². The summed E-state index contributed by atoms with van der Waals surface area (Å²) in [7, 11) is 0. The minimum atomic E-state index is 0.586. The van der Waals surface area contributed by atoms with Crippen LogP contribution in [0, 0.1) is 0 Å². The van der Waals surface area contributed by atoms with Crippen LogP contribution in [0.4, 0.5) is 5.69 Å². The molecule has 0 saturated carbocycles. The van der Waals surface area contributed by atoms with Crippen LogP contribution in [0.3, 0.4) is 0 Å². The van der Waals surface area contributed by atoms with Gasteiger partial charge < -0.3 is 15.4 Å². The fraction of sp³-hybridized carbons (Fsp3) is 0.333. The maximum Gasteiger partial charge on any atom is 0.171 e. The van der Waals surface area contributed by atoms with Crippen LogP contribution >= 0.6 is 12.2 Å². The van der Waals surface area contributed by atoms with Gasteiger partial charge in [0.05, 0.1) is 18.8 Å². The zero-order valence-corrected chi connectivity index (χ0v) is 13.1. The van der Waals surface area contributed by atoms with Crippen LogP contribution in [0.15, 0.2) is 36.5 Å². The zero-order chi connectivity index (χ0) is 15.1. The molecule has 1 aromatic carbocycles. The van der Waals surface area contributed by atoms with Crippen molar-refractivity contribution in [1.29, 1.82) is 0 Å². The normalized spacial score (nSPS) is 10.2. The van der Waals surface area contributed by atoms with E-state index in [-0.39, 0.29) is 0 Å². The molecule has 0 fully saturated rings. The Balaban J connectivity index is 1.84. The van der Waals surface area contributed by atoms with Gasteiger partial charge >= 0.3 is 0 Å². The van der Waals surface area contributed by atoms with E-state index in [9.17, 15) is 0 Å². The largest absolute Gasteiger partial charge is 0.494 e. The Morgan fingerprint density at radius 1 is 1.24 bits per heavy atom. The summed E-state index contributed by atoms with van der Waals surface area (Å²) in [4.78, 5) is 0. The third-order valence-corrected chi connectivity index (χ3v) is 3.20. The standard InChI is InChI=1S/C15H20N4OS/c1-3-19-13(9-10-17-19)11-16-15(21)18-12-5-7-14(8-6-12)20-4-2/h5-10H,3-4,11H2,1-2H3,(H2,16,18,21). The molecule has 0 aliphatic carbocycles. The van der Waals surface area contributed by atoms with E-state index >= 15 is 0 Å². The monoisotopic (exact) mass is 304 g/mol. The van der Waals surface area contributed by atoms with Gasteiger partial charge in [0.1, 0.15) is 5.75 Å². The molecular formula is C15H20N4OS. The van der Waals surface area contributed by atoms with Gasteiger partial charge in [0.2, 0.25) is 0 Å². The Kier molecular flexibility index (Phi) is 5.57. The quantitative estimate of drug-likeness (QED) is 0.804. The highest BCUT2D eigenvalue weighted by Gasteiger charge is 2.02. The van der Waals surface area contributed by atoms with Crippen LogP contribution in [0.1, 0.15) is 19.5 Å². The summed E-state index contributed by atoms with van der Waals surface area (Å²) < 4.78 is 7.34. The van der Waals surface area contributed by atoms with E-state index in [1.807, 2.05) is 41.9 Å². The number of aromatic nitrogens is 2. The van der Waals surface area contributed by atoms with E-state index in [1.54, 1.807) is 6.20 Å². The molecule has 0 aliphatic heterocycles. The fourth-order valence-corrected chi connectivity index (χ4v) is 2.13. The third kappa shape index (κ3) is 4.46. The number of hydrogen-bond acceptors (Lipinski definition) is 3. The second kappa shape index (κ2) is 7.64. The van der Waals surface area contributed by atoms with Gasteiger partial charge in [-0.05, 0) is 56.4 Å². The maximum atomic E-state index is 5.40. The minimum absolute atomic E-state index is 0.586. The lowest BCUT2D eigenvalue weighted by atomic mass is 10.3. The SMILES string of the molecule is CCOc1ccc(NC(=S)NCc2ccnn2CC)cc1. The molecule has 0 aliphatic rings. The molecule has 0 saturated heterocycles. The summed E-state index contributed by atoms with van der Waals surface area (Å²) in [5.74, 6) is 0.855. The van der Waals surface area contributed by atoms with Gasteiger partial charge in [0.15, 0.2) is 5.11 Å². The lowest BCUT2D eigenvalue weighted by Crippen LogP contribution is -2.28. The number of ether oxygens (including phenoxy) is 1. The molecule has 6 heteroatoms. The van der Waals surface area contributed by atoms with Crippen molar-refractivity contribution in [3.63, 3.8) is 0 Å². The van der Waals surface area contributed by atoms with Crippen molar-refractivity contribution < 1.29 is 4.74 Å². The van der Waals surface area contributed by atoms with Crippen LogP contribution in [-0.4, -0.2) is 21.5 Å². The molecule has 0 bridgehead atoms. The smallest absolute Gasteiger partial charge is 0.171 e. The van der Waals surface area contributed by atoms with E-state index in [0.29, 0.717) is 18.3 Å². The highest BCUT2D eigenvalue weighted by molar-refractivity contribution is 7.80. The van der Waals surface area contributed by atoms with E-state index in [0.717, 1.165) is 23.7 Å². The molecule has 5 nitrogen and oxygen atoms in total. The van der Waals surface area contributed by atoms with Crippen molar-refractivity contribution in [3.05, 3.63) is 42.2 Å².